The molecule has 0 spiro atoms. The van der Waals surface area contributed by atoms with Gasteiger partial charge in [-0.2, -0.15) is 0 Å². The molecule has 0 unspecified atom stereocenters. The van der Waals surface area contributed by atoms with Gasteiger partial charge in [0.2, 0.25) is 5.89 Å². The number of aryl methyl sites for hydroxylation is 1. The van der Waals surface area contributed by atoms with E-state index in [2.05, 4.69) is 4.98 Å². The van der Waals surface area contributed by atoms with Gasteiger partial charge in [0.15, 0.2) is 5.58 Å². The van der Waals surface area contributed by atoms with Crippen LogP contribution >= 0.6 is 0 Å². The van der Waals surface area contributed by atoms with Crippen LogP contribution in [0, 0.1) is 19.7 Å². The largest absolute Gasteiger partial charge is 0.437 e. The van der Waals surface area contributed by atoms with E-state index in [1.165, 1.54) is 6.07 Å². The molecule has 0 amide bonds. The Morgan fingerprint density at radius 3 is 2.56 bits per heavy atom. The third-order valence-corrected chi connectivity index (χ3v) is 4.28. The van der Waals surface area contributed by atoms with Crippen molar-refractivity contribution in [1.29, 1.82) is 0 Å². The van der Waals surface area contributed by atoms with Crippen LogP contribution < -0.4 is 0 Å². The minimum absolute atomic E-state index is 0.237. The van der Waals surface area contributed by atoms with Crippen LogP contribution in [0.1, 0.15) is 22.8 Å². The Kier molecular flexibility index (Phi) is 3.73. The summed E-state index contributed by atoms with van der Waals surface area (Å²) in [6.45, 7) is 3.95. The van der Waals surface area contributed by atoms with E-state index in [-0.39, 0.29) is 5.82 Å². The number of benzene rings is 2. The van der Waals surface area contributed by atoms with E-state index >= 15 is 0 Å². The van der Waals surface area contributed by atoms with Crippen LogP contribution in [-0.4, -0.2) is 9.55 Å². The number of halogens is 1. The Labute approximate surface area is 145 Å². The molecule has 0 radical (unpaired) electrons. The molecule has 4 aromatic rings. The maximum atomic E-state index is 14.1. The molecule has 0 bridgehead atoms. The van der Waals surface area contributed by atoms with Gasteiger partial charge in [-0.3, -0.25) is 0 Å². The number of nitrogens with zero attached hydrogens (tertiary/aromatic N) is 2. The van der Waals surface area contributed by atoms with Crippen molar-refractivity contribution in [3.05, 3.63) is 83.3 Å². The molecule has 2 heterocycles. The summed E-state index contributed by atoms with van der Waals surface area (Å²) in [6, 6.07) is 16.5. The van der Waals surface area contributed by atoms with E-state index in [1.807, 2.05) is 67.0 Å². The fourth-order valence-electron chi connectivity index (χ4n) is 3.08. The van der Waals surface area contributed by atoms with Crippen LogP contribution in [0.3, 0.4) is 0 Å². The zero-order valence-corrected chi connectivity index (χ0v) is 14.0. The smallest absolute Gasteiger partial charge is 0.220 e. The first-order valence-electron chi connectivity index (χ1n) is 8.11. The highest BCUT2D eigenvalue weighted by Gasteiger charge is 2.12. The topological polar surface area (TPSA) is 31.0 Å². The first kappa shape index (κ1) is 15.4. The lowest BCUT2D eigenvalue weighted by atomic mass is 10.2. The quantitative estimate of drug-likeness (QED) is 0.493. The molecule has 0 aliphatic carbocycles. The number of oxazole rings is 1. The van der Waals surface area contributed by atoms with E-state index in [9.17, 15) is 4.39 Å². The van der Waals surface area contributed by atoms with Crippen LogP contribution in [0.2, 0.25) is 0 Å². The van der Waals surface area contributed by atoms with Crippen molar-refractivity contribution in [2.24, 2.45) is 0 Å². The van der Waals surface area contributed by atoms with Crippen molar-refractivity contribution in [1.82, 2.24) is 9.55 Å². The minimum atomic E-state index is -0.237. The third kappa shape index (κ3) is 2.76. The molecule has 0 saturated heterocycles. The van der Waals surface area contributed by atoms with Crippen molar-refractivity contribution < 1.29 is 8.81 Å². The van der Waals surface area contributed by atoms with Crippen molar-refractivity contribution in [3.8, 4) is 5.69 Å². The second-order valence-electron chi connectivity index (χ2n) is 5.97. The summed E-state index contributed by atoms with van der Waals surface area (Å²) in [5.41, 5.74) is 5.09. The lowest BCUT2D eigenvalue weighted by molar-refractivity contribution is 0.589. The predicted octanol–water partition coefficient (Wildman–Crippen LogP) is 5.54. The molecule has 124 valence electrons. The molecule has 25 heavy (non-hydrogen) atoms. The summed E-state index contributed by atoms with van der Waals surface area (Å²) < 4.78 is 21.8. The molecule has 0 saturated carbocycles. The highest BCUT2D eigenvalue weighted by molar-refractivity contribution is 5.76. The average molecular weight is 332 g/mol. The van der Waals surface area contributed by atoms with Gasteiger partial charge in [0.25, 0.3) is 0 Å². The van der Waals surface area contributed by atoms with Gasteiger partial charge in [-0.15, -0.1) is 0 Å². The van der Waals surface area contributed by atoms with Crippen LogP contribution in [0.4, 0.5) is 4.39 Å². The van der Waals surface area contributed by atoms with Gasteiger partial charge >= 0.3 is 0 Å². The van der Waals surface area contributed by atoms with Crippen molar-refractivity contribution in [2.45, 2.75) is 13.8 Å². The summed E-state index contributed by atoms with van der Waals surface area (Å²) in [5, 5.41) is 0. The maximum absolute atomic E-state index is 14.1. The Bertz CT molecular complexity index is 1060. The minimum Gasteiger partial charge on any atom is -0.437 e. The van der Waals surface area contributed by atoms with Crippen LogP contribution in [0.25, 0.3) is 28.9 Å². The first-order valence-corrected chi connectivity index (χ1v) is 8.11. The number of hydrogen-bond donors (Lipinski definition) is 0. The lowest BCUT2D eigenvalue weighted by Gasteiger charge is -2.10. The van der Waals surface area contributed by atoms with Crippen molar-refractivity contribution in [2.75, 3.05) is 0 Å². The van der Waals surface area contributed by atoms with Crippen molar-refractivity contribution >= 4 is 23.3 Å². The summed E-state index contributed by atoms with van der Waals surface area (Å²) in [7, 11) is 0. The summed E-state index contributed by atoms with van der Waals surface area (Å²) in [5.74, 6) is 0.315. The monoisotopic (exact) mass is 332 g/mol. The first-order chi connectivity index (χ1) is 12.1. The van der Waals surface area contributed by atoms with E-state index < -0.39 is 0 Å². The zero-order valence-electron chi connectivity index (χ0n) is 14.0. The highest BCUT2D eigenvalue weighted by atomic mass is 19.1. The summed E-state index contributed by atoms with van der Waals surface area (Å²) in [4.78, 5) is 4.44. The number of hydrogen-bond acceptors (Lipinski definition) is 2. The number of aromatic nitrogens is 2. The molecule has 0 fully saturated rings. The molecule has 0 atom stereocenters. The molecule has 2 aromatic heterocycles. The number of fused-ring (bicyclic) bond motifs is 1. The fourth-order valence-corrected chi connectivity index (χ4v) is 3.08. The van der Waals surface area contributed by atoms with E-state index in [0.29, 0.717) is 11.6 Å². The summed E-state index contributed by atoms with van der Waals surface area (Å²) in [6.07, 6.45) is 3.79. The Morgan fingerprint density at radius 1 is 1.00 bits per heavy atom. The molecule has 0 aliphatic rings. The molecular formula is C21H17FN2O. The van der Waals surface area contributed by atoms with Gasteiger partial charge in [0.05, 0.1) is 5.69 Å². The number of rotatable bonds is 3. The molecule has 0 aliphatic heterocycles. The van der Waals surface area contributed by atoms with Gasteiger partial charge in [0, 0.05) is 17.5 Å². The van der Waals surface area contributed by atoms with E-state index in [4.69, 9.17) is 4.42 Å². The molecule has 4 heteroatoms. The SMILES string of the molecule is Cc1cc(C=Cc2nc3ccccc3o2)c(C)n1-c1ccccc1F. The van der Waals surface area contributed by atoms with Gasteiger partial charge in [-0.25, -0.2) is 9.37 Å². The second-order valence-corrected chi connectivity index (χ2v) is 5.97. The average Bonchev–Trinajstić information content (AvgIpc) is 3.14. The second kappa shape index (κ2) is 6.06. The highest BCUT2D eigenvalue weighted by Crippen LogP contribution is 2.24. The number of para-hydroxylation sites is 3. The van der Waals surface area contributed by atoms with Gasteiger partial charge < -0.3 is 8.98 Å². The van der Waals surface area contributed by atoms with E-state index in [1.54, 1.807) is 12.1 Å². The molecular weight excluding hydrogens is 315 g/mol. The predicted molar refractivity (Wildman–Crippen MR) is 98.1 cm³/mol. The van der Waals surface area contributed by atoms with Crippen LogP contribution in [-0.2, 0) is 0 Å². The van der Waals surface area contributed by atoms with Crippen LogP contribution in [0.5, 0.6) is 0 Å². The maximum Gasteiger partial charge on any atom is 0.220 e. The standard InChI is InChI=1S/C21H17FN2O/c1-14-13-16(15(2)24(14)19-9-5-3-7-17(19)22)11-12-21-23-18-8-4-6-10-20(18)25-21/h3-13H,1-2H3. The van der Waals surface area contributed by atoms with Crippen LogP contribution in [0.15, 0.2) is 59.0 Å². The molecule has 4 rings (SSSR count). The van der Waals surface area contributed by atoms with E-state index in [0.717, 1.165) is 28.1 Å². The van der Waals surface area contributed by atoms with Gasteiger partial charge in [-0.05, 0) is 55.8 Å². The Hall–Kier alpha value is -3.14. The Morgan fingerprint density at radius 2 is 1.76 bits per heavy atom. The Balaban J connectivity index is 1.72. The van der Waals surface area contributed by atoms with Crippen molar-refractivity contribution in [3.63, 3.8) is 0 Å². The van der Waals surface area contributed by atoms with Gasteiger partial charge in [-0.1, -0.05) is 24.3 Å². The lowest BCUT2D eigenvalue weighted by Crippen LogP contribution is -2.01. The summed E-state index contributed by atoms with van der Waals surface area (Å²) >= 11 is 0. The zero-order chi connectivity index (χ0) is 17.4. The normalized spacial score (nSPS) is 11.6. The fraction of sp³-hybridized carbons (Fsp3) is 0.0952. The third-order valence-electron chi connectivity index (χ3n) is 4.28. The van der Waals surface area contributed by atoms with Gasteiger partial charge in [0.1, 0.15) is 11.3 Å². The molecule has 2 aromatic carbocycles. The molecule has 3 nitrogen and oxygen atoms in total. The molecule has 0 N–H and O–H groups in total.